The average Bonchev–Trinajstić information content (AvgIpc) is 2.71. The van der Waals surface area contributed by atoms with Crippen molar-refractivity contribution in [3.8, 4) is 5.75 Å². The summed E-state index contributed by atoms with van der Waals surface area (Å²) in [5.41, 5.74) is 0.785. The summed E-state index contributed by atoms with van der Waals surface area (Å²) >= 11 is 5.01. The van der Waals surface area contributed by atoms with Crippen molar-refractivity contribution in [1.29, 1.82) is 0 Å². The van der Waals surface area contributed by atoms with Crippen LogP contribution in [0, 0.1) is 17.5 Å². The molecule has 1 aromatic carbocycles. The SMILES string of the molecule is Cc1c(CC(F)(F)F)c(=S)oc2cc(OCCOCCOCCOC(=O)C(C)C)ccc12. The third-order valence-electron chi connectivity index (χ3n) is 4.45. The van der Waals surface area contributed by atoms with Crippen LogP contribution in [-0.2, 0) is 25.4 Å². The van der Waals surface area contributed by atoms with Crippen LogP contribution < -0.4 is 4.74 Å². The number of carbonyl (C=O) groups excluding carboxylic acids is 1. The van der Waals surface area contributed by atoms with Gasteiger partial charge in [-0.05, 0) is 36.8 Å². The van der Waals surface area contributed by atoms with E-state index in [-0.39, 0.29) is 35.4 Å². The summed E-state index contributed by atoms with van der Waals surface area (Å²) in [5, 5.41) is 0.553. The van der Waals surface area contributed by atoms with Gasteiger partial charge in [0.1, 0.15) is 24.5 Å². The Hall–Kier alpha value is -2.17. The molecule has 0 atom stereocenters. The van der Waals surface area contributed by atoms with Crippen LogP contribution in [0.5, 0.6) is 5.75 Å². The van der Waals surface area contributed by atoms with Gasteiger partial charge in [0.05, 0.1) is 38.8 Å². The number of alkyl halides is 3. The second-order valence-electron chi connectivity index (χ2n) is 7.34. The highest BCUT2D eigenvalue weighted by Gasteiger charge is 2.30. The Morgan fingerprint density at radius 2 is 1.69 bits per heavy atom. The lowest BCUT2D eigenvalue weighted by atomic mass is 10.0. The molecule has 1 heterocycles. The fourth-order valence-electron chi connectivity index (χ4n) is 2.78. The average molecular weight is 477 g/mol. The number of halogens is 3. The lowest BCUT2D eigenvalue weighted by Gasteiger charge is -2.12. The summed E-state index contributed by atoms with van der Waals surface area (Å²) in [4.78, 5) is 11.3. The zero-order chi connectivity index (χ0) is 23.7. The standard InChI is InChI=1S/C22H27F3O6S/c1-14(2)20(26)30-11-9-28-7-6-27-8-10-29-16-4-5-17-15(3)18(13-22(23,24)25)21(32)31-19(17)12-16/h4-5,12,14H,6-11,13H2,1-3H3. The maximum absolute atomic E-state index is 12.8. The minimum atomic E-state index is -4.36. The van der Waals surface area contributed by atoms with E-state index in [9.17, 15) is 18.0 Å². The molecule has 0 fully saturated rings. The van der Waals surface area contributed by atoms with Gasteiger partial charge in [-0.25, -0.2) is 0 Å². The van der Waals surface area contributed by atoms with Gasteiger partial charge < -0.3 is 23.4 Å². The largest absolute Gasteiger partial charge is 0.491 e. The second kappa shape index (κ2) is 12.2. The number of ether oxygens (including phenoxy) is 4. The summed E-state index contributed by atoms with van der Waals surface area (Å²) in [6, 6.07) is 4.91. The highest BCUT2D eigenvalue weighted by Crippen LogP contribution is 2.31. The molecule has 0 saturated carbocycles. The van der Waals surface area contributed by atoms with E-state index in [1.165, 1.54) is 0 Å². The Morgan fingerprint density at radius 3 is 2.31 bits per heavy atom. The summed E-state index contributed by atoms with van der Waals surface area (Å²) in [6.07, 6.45) is -5.49. The van der Waals surface area contributed by atoms with Crippen molar-refractivity contribution in [2.24, 2.45) is 5.92 Å². The molecule has 10 heteroatoms. The lowest BCUT2D eigenvalue weighted by molar-refractivity contribution is -0.149. The Balaban J connectivity index is 1.73. The summed E-state index contributed by atoms with van der Waals surface area (Å²) in [5.74, 6) is 0.0683. The molecule has 0 unspecified atom stereocenters. The van der Waals surface area contributed by atoms with Crippen LogP contribution in [0.15, 0.2) is 22.6 Å². The third-order valence-corrected chi connectivity index (χ3v) is 4.78. The van der Waals surface area contributed by atoms with Crippen molar-refractivity contribution in [3.05, 3.63) is 34.0 Å². The number of carbonyl (C=O) groups is 1. The van der Waals surface area contributed by atoms with Crippen LogP contribution in [0.25, 0.3) is 11.0 Å². The van der Waals surface area contributed by atoms with E-state index in [0.29, 0.717) is 48.7 Å². The zero-order valence-electron chi connectivity index (χ0n) is 18.3. The molecule has 0 saturated heterocycles. The zero-order valence-corrected chi connectivity index (χ0v) is 19.1. The molecule has 1 aromatic heterocycles. The van der Waals surface area contributed by atoms with Crippen LogP contribution in [0.2, 0.25) is 0 Å². The molecule has 0 amide bonds. The van der Waals surface area contributed by atoms with E-state index in [0.717, 1.165) is 0 Å². The van der Waals surface area contributed by atoms with E-state index >= 15 is 0 Å². The van der Waals surface area contributed by atoms with Crippen LogP contribution in [-0.4, -0.2) is 51.8 Å². The van der Waals surface area contributed by atoms with E-state index in [1.807, 2.05) is 0 Å². The summed E-state index contributed by atoms with van der Waals surface area (Å²) < 4.78 is 64.9. The van der Waals surface area contributed by atoms with Crippen LogP contribution in [0.4, 0.5) is 13.2 Å². The van der Waals surface area contributed by atoms with E-state index in [1.54, 1.807) is 39.0 Å². The molecule has 0 bridgehead atoms. The smallest absolute Gasteiger partial charge is 0.393 e. The van der Waals surface area contributed by atoms with Gasteiger partial charge in [0.2, 0.25) is 0 Å². The van der Waals surface area contributed by atoms with Gasteiger partial charge in [-0.15, -0.1) is 0 Å². The monoisotopic (exact) mass is 476 g/mol. The molecule has 32 heavy (non-hydrogen) atoms. The number of aryl methyl sites for hydroxylation is 1. The van der Waals surface area contributed by atoms with E-state index in [2.05, 4.69) is 0 Å². The maximum Gasteiger partial charge on any atom is 0.393 e. The Kier molecular flexibility index (Phi) is 9.92. The third kappa shape index (κ3) is 8.40. The molecule has 0 aliphatic rings. The summed E-state index contributed by atoms with van der Waals surface area (Å²) in [6.45, 7) is 6.92. The molecule has 0 N–H and O–H groups in total. The quantitative estimate of drug-likeness (QED) is 0.237. The first-order valence-corrected chi connectivity index (χ1v) is 10.6. The first-order chi connectivity index (χ1) is 15.1. The number of fused-ring (bicyclic) bond motifs is 1. The number of benzene rings is 1. The van der Waals surface area contributed by atoms with Gasteiger partial charge in [-0.1, -0.05) is 13.8 Å². The minimum absolute atomic E-state index is 0.0256. The summed E-state index contributed by atoms with van der Waals surface area (Å²) in [7, 11) is 0. The van der Waals surface area contributed by atoms with Crippen LogP contribution in [0.1, 0.15) is 25.0 Å². The number of hydrogen-bond donors (Lipinski definition) is 0. The lowest BCUT2D eigenvalue weighted by Crippen LogP contribution is -2.16. The van der Waals surface area contributed by atoms with Crippen molar-refractivity contribution < 1.29 is 41.3 Å². The van der Waals surface area contributed by atoms with Gasteiger partial charge in [-0.2, -0.15) is 13.2 Å². The molecule has 2 aromatic rings. The molecule has 0 aliphatic heterocycles. The molecular weight excluding hydrogens is 449 g/mol. The second-order valence-corrected chi connectivity index (χ2v) is 7.71. The molecule has 2 rings (SSSR count). The molecule has 0 spiro atoms. The number of rotatable bonds is 12. The Bertz CT molecular complexity index is 955. The maximum atomic E-state index is 12.8. The first-order valence-electron chi connectivity index (χ1n) is 10.2. The minimum Gasteiger partial charge on any atom is -0.491 e. The molecule has 0 radical (unpaired) electrons. The van der Waals surface area contributed by atoms with Crippen molar-refractivity contribution >= 4 is 29.2 Å². The predicted molar refractivity (Wildman–Crippen MR) is 114 cm³/mol. The molecule has 0 aliphatic carbocycles. The topological polar surface area (TPSA) is 67.1 Å². The van der Waals surface area contributed by atoms with Crippen LogP contribution in [0.3, 0.4) is 0 Å². The first kappa shape index (κ1) is 26.1. The van der Waals surface area contributed by atoms with Crippen molar-refractivity contribution in [2.75, 3.05) is 39.6 Å². The van der Waals surface area contributed by atoms with E-state index < -0.39 is 12.6 Å². The normalized spacial score (nSPS) is 11.8. The van der Waals surface area contributed by atoms with Crippen molar-refractivity contribution in [3.63, 3.8) is 0 Å². The number of hydrogen-bond acceptors (Lipinski definition) is 7. The number of esters is 1. The molecule has 178 valence electrons. The van der Waals surface area contributed by atoms with Gasteiger partial charge in [0.25, 0.3) is 0 Å². The van der Waals surface area contributed by atoms with E-state index in [4.69, 9.17) is 35.6 Å². The highest BCUT2D eigenvalue weighted by molar-refractivity contribution is 7.71. The Labute approximate surface area is 189 Å². The fourth-order valence-corrected chi connectivity index (χ4v) is 3.09. The predicted octanol–water partition coefficient (Wildman–Crippen LogP) is 5.19. The van der Waals surface area contributed by atoms with Crippen molar-refractivity contribution in [2.45, 2.75) is 33.4 Å². The van der Waals surface area contributed by atoms with Gasteiger partial charge in [0, 0.05) is 17.0 Å². The van der Waals surface area contributed by atoms with Gasteiger partial charge in [-0.3, -0.25) is 4.79 Å². The van der Waals surface area contributed by atoms with Gasteiger partial charge >= 0.3 is 12.1 Å². The van der Waals surface area contributed by atoms with Gasteiger partial charge in [0.15, 0.2) is 4.71 Å². The fraction of sp³-hybridized carbons (Fsp3) is 0.545. The van der Waals surface area contributed by atoms with Crippen molar-refractivity contribution in [1.82, 2.24) is 0 Å². The molecular formula is C22H27F3O6S. The molecule has 6 nitrogen and oxygen atoms in total. The highest BCUT2D eigenvalue weighted by atomic mass is 32.1. The Morgan fingerprint density at radius 1 is 1.06 bits per heavy atom. The van der Waals surface area contributed by atoms with Crippen LogP contribution >= 0.6 is 12.2 Å².